The maximum Gasteiger partial charge on any atom is 0.264 e. The molecular weight excluding hydrogens is 380 g/mol. The van der Waals surface area contributed by atoms with Crippen molar-refractivity contribution in [1.29, 1.82) is 0 Å². The molecule has 0 saturated heterocycles. The molecule has 140 valence electrons. The fourth-order valence-corrected chi connectivity index (χ4v) is 4.77. The summed E-state index contributed by atoms with van der Waals surface area (Å²) in [7, 11) is -2.26. The zero-order valence-corrected chi connectivity index (χ0v) is 16.5. The number of carbonyl (C=O) groups is 1. The molecule has 3 aromatic rings. The molecule has 5 nitrogen and oxygen atoms in total. The quantitative estimate of drug-likeness (QED) is 0.660. The van der Waals surface area contributed by atoms with Crippen molar-refractivity contribution in [2.24, 2.45) is 0 Å². The predicted molar refractivity (Wildman–Crippen MR) is 109 cm³/mol. The van der Waals surface area contributed by atoms with Crippen LogP contribution in [-0.4, -0.2) is 27.9 Å². The highest BCUT2D eigenvalue weighted by molar-refractivity contribution is 7.92. The number of rotatable bonds is 7. The van der Waals surface area contributed by atoms with E-state index in [1.165, 1.54) is 30.5 Å². The van der Waals surface area contributed by atoms with Gasteiger partial charge in [0.15, 0.2) is 0 Å². The third-order valence-corrected chi connectivity index (χ3v) is 6.82. The Balaban J connectivity index is 1.72. The summed E-state index contributed by atoms with van der Waals surface area (Å²) in [5.41, 5.74) is 1.51. The molecule has 2 aromatic carbocycles. The topological polar surface area (TPSA) is 66.5 Å². The molecule has 7 heteroatoms. The van der Waals surface area contributed by atoms with Crippen molar-refractivity contribution in [2.75, 3.05) is 17.9 Å². The molecule has 1 amide bonds. The Kier molecular flexibility index (Phi) is 5.93. The van der Waals surface area contributed by atoms with Crippen molar-refractivity contribution < 1.29 is 13.2 Å². The fourth-order valence-electron chi connectivity index (χ4n) is 2.65. The number of anilines is 1. The molecule has 0 aliphatic carbocycles. The number of nitrogens with one attached hydrogen (secondary N) is 1. The van der Waals surface area contributed by atoms with Crippen molar-refractivity contribution in [3.05, 3.63) is 82.6 Å². The molecule has 1 heterocycles. The maximum atomic E-state index is 12.8. The Morgan fingerprint density at radius 1 is 1.00 bits per heavy atom. The number of carbonyl (C=O) groups excluding carboxylic acids is 1. The second kappa shape index (κ2) is 8.37. The van der Waals surface area contributed by atoms with Crippen LogP contribution in [0.5, 0.6) is 0 Å². The van der Waals surface area contributed by atoms with Gasteiger partial charge >= 0.3 is 0 Å². The molecule has 27 heavy (non-hydrogen) atoms. The standard InChI is InChI=1S/C20H20N2O3S2/c1-22(27(24,25)17-10-6-3-7-11-17)18-13-15-26-19(18)20(23)21-14-12-16-8-4-2-5-9-16/h2-11,13,15H,12,14H2,1H3,(H,21,23). The maximum absolute atomic E-state index is 12.8. The first-order chi connectivity index (χ1) is 13.0. The fraction of sp³-hybridized carbons (Fsp3) is 0.150. The number of amides is 1. The molecule has 0 bridgehead atoms. The van der Waals surface area contributed by atoms with Crippen LogP contribution in [0.25, 0.3) is 0 Å². The highest BCUT2D eigenvalue weighted by atomic mass is 32.2. The lowest BCUT2D eigenvalue weighted by Gasteiger charge is -2.19. The van der Waals surface area contributed by atoms with Gasteiger partial charge in [-0.2, -0.15) is 0 Å². The third kappa shape index (κ3) is 4.37. The summed E-state index contributed by atoms with van der Waals surface area (Å²) in [6.07, 6.45) is 0.714. The van der Waals surface area contributed by atoms with E-state index in [0.29, 0.717) is 23.5 Å². The summed E-state index contributed by atoms with van der Waals surface area (Å²) < 4.78 is 26.8. The second-order valence-corrected chi connectivity index (χ2v) is 8.80. The van der Waals surface area contributed by atoms with Gasteiger partial charge in [0, 0.05) is 13.6 Å². The Hall–Kier alpha value is -2.64. The molecule has 0 atom stereocenters. The minimum Gasteiger partial charge on any atom is -0.351 e. The van der Waals surface area contributed by atoms with Gasteiger partial charge in [-0.25, -0.2) is 8.42 Å². The van der Waals surface area contributed by atoms with E-state index in [-0.39, 0.29) is 10.8 Å². The molecule has 0 unspecified atom stereocenters. The highest BCUT2D eigenvalue weighted by Crippen LogP contribution is 2.29. The first-order valence-electron chi connectivity index (χ1n) is 8.44. The van der Waals surface area contributed by atoms with Crippen molar-refractivity contribution in [2.45, 2.75) is 11.3 Å². The van der Waals surface area contributed by atoms with E-state index in [0.717, 1.165) is 9.87 Å². The molecule has 1 aromatic heterocycles. The Bertz CT molecular complexity index is 1000. The molecule has 0 aliphatic heterocycles. The van der Waals surface area contributed by atoms with Gasteiger partial charge < -0.3 is 5.32 Å². The lowest BCUT2D eigenvalue weighted by atomic mass is 10.1. The summed E-state index contributed by atoms with van der Waals surface area (Å²) in [6, 6.07) is 19.7. The van der Waals surface area contributed by atoms with E-state index >= 15 is 0 Å². The predicted octanol–water partition coefficient (Wildman–Crippen LogP) is 3.55. The minimum absolute atomic E-state index is 0.189. The minimum atomic E-state index is -3.72. The molecule has 1 N–H and O–H groups in total. The average Bonchev–Trinajstić information content (AvgIpc) is 3.18. The molecule has 0 aliphatic rings. The molecule has 0 saturated carbocycles. The zero-order chi connectivity index (χ0) is 19.3. The smallest absolute Gasteiger partial charge is 0.264 e. The van der Waals surface area contributed by atoms with Crippen LogP contribution in [0, 0.1) is 0 Å². The number of hydrogen-bond donors (Lipinski definition) is 1. The van der Waals surface area contributed by atoms with E-state index in [1.54, 1.807) is 29.6 Å². The van der Waals surface area contributed by atoms with Gasteiger partial charge in [-0.15, -0.1) is 11.3 Å². The molecule has 3 rings (SSSR count). The normalized spacial score (nSPS) is 11.1. The van der Waals surface area contributed by atoms with Gasteiger partial charge in [0.05, 0.1) is 10.6 Å². The van der Waals surface area contributed by atoms with E-state index in [2.05, 4.69) is 5.32 Å². The van der Waals surface area contributed by atoms with E-state index in [4.69, 9.17) is 0 Å². The van der Waals surface area contributed by atoms with Crippen molar-refractivity contribution in [3.63, 3.8) is 0 Å². The average molecular weight is 401 g/mol. The largest absolute Gasteiger partial charge is 0.351 e. The number of thiophene rings is 1. The first kappa shape index (κ1) is 19.1. The first-order valence-corrected chi connectivity index (χ1v) is 10.8. The molecule has 0 spiro atoms. The van der Waals surface area contributed by atoms with Gasteiger partial charge in [-0.3, -0.25) is 9.10 Å². The lowest BCUT2D eigenvalue weighted by Crippen LogP contribution is -2.30. The summed E-state index contributed by atoms with van der Waals surface area (Å²) in [4.78, 5) is 13.1. The van der Waals surface area contributed by atoms with E-state index in [9.17, 15) is 13.2 Å². The number of sulfonamides is 1. The summed E-state index contributed by atoms with van der Waals surface area (Å²) in [5, 5.41) is 4.59. The van der Waals surface area contributed by atoms with Crippen LogP contribution in [0.2, 0.25) is 0 Å². The van der Waals surface area contributed by atoms with Gasteiger partial charge in [0.25, 0.3) is 15.9 Å². The van der Waals surface area contributed by atoms with Gasteiger partial charge in [0.2, 0.25) is 0 Å². The summed E-state index contributed by atoms with van der Waals surface area (Å²) in [5.74, 6) is -0.272. The van der Waals surface area contributed by atoms with Gasteiger partial charge in [-0.05, 0) is 35.6 Å². The highest BCUT2D eigenvalue weighted by Gasteiger charge is 2.25. The molecular formula is C20H20N2O3S2. The van der Waals surface area contributed by atoms with Gasteiger partial charge in [0.1, 0.15) is 4.88 Å². The van der Waals surface area contributed by atoms with Gasteiger partial charge in [-0.1, -0.05) is 48.5 Å². The zero-order valence-electron chi connectivity index (χ0n) is 14.8. The van der Waals surface area contributed by atoms with Crippen LogP contribution in [-0.2, 0) is 16.4 Å². The van der Waals surface area contributed by atoms with Crippen LogP contribution < -0.4 is 9.62 Å². The molecule has 0 fully saturated rings. The lowest BCUT2D eigenvalue weighted by molar-refractivity contribution is 0.0959. The van der Waals surface area contributed by atoms with Crippen LogP contribution in [0.15, 0.2) is 77.0 Å². The second-order valence-electron chi connectivity index (χ2n) is 5.91. The Morgan fingerprint density at radius 2 is 1.63 bits per heavy atom. The van der Waals surface area contributed by atoms with E-state index in [1.807, 2.05) is 30.3 Å². The molecule has 0 radical (unpaired) electrons. The van der Waals surface area contributed by atoms with Crippen molar-refractivity contribution >= 4 is 33.0 Å². The van der Waals surface area contributed by atoms with Crippen LogP contribution >= 0.6 is 11.3 Å². The monoisotopic (exact) mass is 400 g/mol. The SMILES string of the molecule is CN(c1ccsc1C(=O)NCCc1ccccc1)S(=O)(=O)c1ccccc1. The number of hydrogen-bond acceptors (Lipinski definition) is 4. The third-order valence-electron chi connectivity index (χ3n) is 4.13. The van der Waals surface area contributed by atoms with Crippen molar-refractivity contribution in [1.82, 2.24) is 5.32 Å². The van der Waals surface area contributed by atoms with Crippen LogP contribution in [0.3, 0.4) is 0 Å². The van der Waals surface area contributed by atoms with E-state index < -0.39 is 10.0 Å². The number of nitrogens with zero attached hydrogens (tertiary/aromatic N) is 1. The Labute approximate surface area is 163 Å². The van der Waals surface area contributed by atoms with Crippen LogP contribution in [0.1, 0.15) is 15.2 Å². The van der Waals surface area contributed by atoms with Crippen molar-refractivity contribution in [3.8, 4) is 0 Å². The number of benzene rings is 2. The summed E-state index contributed by atoms with van der Waals surface area (Å²) in [6.45, 7) is 0.481. The van der Waals surface area contributed by atoms with Crippen LogP contribution in [0.4, 0.5) is 5.69 Å². The Morgan fingerprint density at radius 3 is 2.30 bits per heavy atom. The summed E-state index contributed by atoms with van der Waals surface area (Å²) >= 11 is 1.23.